The van der Waals surface area contributed by atoms with Crippen LogP contribution in [0.3, 0.4) is 0 Å². The van der Waals surface area contributed by atoms with Crippen LogP contribution in [-0.4, -0.2) is 33.5 Å². The van der Waals surface area contributed by atoms with Crippen molar-refractivity contribution in [2.75, 3.05) is 11.9 Å². The summed E-state index contributed by atoms with van der Waals surface area (Å²) in [7, 11) is 0. The van der Waals surface area contributed by atoms with Crippen LogP contribution in [0.4, 0.5) is 19.1 Å². The molecule has 4 fully saturated rings. The molecule has 4 saturated carbocycles. The fourth-order valence-corrected chi connectivity index (χ4v) is 5.70. The van der Waals surface area contributed by atoms with Gasteiger partial charge in [0.15, 0.2) is 0 Å². The Balaban J connectivity index is 1.26. The number of anilines is 1. The second-order valence-electron chi connectivity index (χ2n) is 8.42. The normalized spacial score (nSPS) is 31.7. The predicted octanol–water partition coefficient (Wildman–Crippen LogP) is 2.48. The molecule has 2 amide bonds. The summed E-state index contributed by atoms with van der Waals surface area (Å²) < 4.78 is 37.3. The van der Waals surface area contributed by atoms with E-state index in [4.69, 9.17) is 0 Å². The summed E-state index contributed by atoms with van der Waals surface area (Å²) in [5.74, 6) is -0.395. The number of carbonyl (C=O) groups is 2. The Morgan fingerprint density at radius 3 is 2.19 bits per heavy atom. The summed E-state index contributed by atoms with van der Waals surface area (Å²) in [6.07, 6.45) is 2.91. The average Bonchev–Trinajstić information content (AvgIpc) is 3.00. The number of hydrogen-bond donors (Lipinski definition) is 3. The van der Waals surface area contributed by atoms with E-state index in [1.807, 2.05) is 0 Å². The molecule has 7 nitrogen and oxygen atoms in total. The molecular formula is C17H22F3N5O2. The van der Waals surface area contributed by atoms with Crippen molar-refractivity contribution in [2.24, 2.45) is 23.2 Å². The molecule has 0 atom stereocenters. The first-order chi connectivity index (χ1) is 12.7. The molecule has 148 valence electrons. The van der Waals surface area contributed by atoms with E-state index in [0.717, 1.165) is 37.0 Å². The zero-order chi connectivity index (χ0) is 19.2. The van der Waals surface area contributed by atoms with E-state index in [2.05, 4.69) is 20.7 Å². The molecule has 0 unspecified atom stereocenters. The van der Waals surface area contributed by atoms with Crippen molar-refractivity contribution in [3.05, 3.63) is 5.82 Å². The summed E-state index contributed by atoms with van der Waals surface area (Å²) in [6, 6.07) is 0. The number of hydrogen-bond acceptors (Lipinski definition) is 4. The van der Waals surface area contributed by atoms with E-state index in [9.17, 15) is 22.8 Å². The maximum Gasteiger partial charge on any atom is 0.451 e. The van der Waals surface area contributed by atoms with Gasteiger partial charge in [0, 0.05) is 6.42 Å². The van der Waals surface area contributed by atoms with E-state index in [0.29, 0.717) is 6.42 Å². The second kappa shape index (κ2) is 6.49. The fourth-order valence-electron chi connectivity index (χ4n) is 5.70. The van der Waals surface area contributed by atoms with Crippen LogP contribution in [-0.2, 0) is 15.8 Å². The van der Waals surface area contributed by atoms with Gasteiger partial charge in [-0.15, -0.1) is 5.10 Å². The molecule has 3 N–H and O–H groups in total. The lowest BCUT2D eigenvalue weighted by Gasteiger charge is -2.56. The second-order valence-corrected chi connectivity index (χ2v) is 8.42. The van der Waals surface area contributed by atoms with Gasteiger partial charge in [-0.25, -0.2) is 0 Å². The maximum atomic E-state index is 12.4. The van der Waals surface area contributed by atoms with Crippen LogP contribution in [0.25, 0.3) is 0 Å². The minimum Gasteiger partial charge on any atom is -0.347 e. The molecule has 0 radical (unpaired) electrons. The Morgan fingerprint density at radius 2 is 1.67 bits per heavy atom. The molecule has 10 heteroatoms. The molecule has 0 aliphatic heterocycles. The molecular weight excluding hydrogens is 363 g/mol. The van der Waals surface area contributed by atoms with Gasteiger partial charge in [0.1, 0.15) is 0 Å². The number of alkyl halides is 3. The van der Waals surface area contributed by atoms with Crippen molar-refractivity contribution in [3.8, 4) is 0 Å². The largest absolute Gasteiger partial charge is 0.451 e. The highest BCUT2D eigenvalue weighted by atomic mass is 19.4. The number of nitrogens with zero attached hydrogens (tertiary/aromatic N) is 2. The first kappa shape index (κ1) is 18.2. The van der Waals surface area contributed by atoms with Gasteiger partial charge in [-0.2, -0.15) is 18.2 Å². The lowest BCUT2D eigenvalue weighted by Crippen LogP contribution is -2.48. The Hall–Kier alpha value is -2.13. The number of H-pyrrole nitrogens is 1. The third-order valence-corrected chi connectivity index (χ3v) is 6.15. The van der Waals surface area contributed by atoms with Crippen LogP contribution in [0.15, 0.2) is 0 Å². The number of amides is 2. The number of aromatic amines is 1. The van der Waals surface area contributed by atoms with Crippen LogP contribution in [0, 0.1) is 23.2 Å². The quantitative estimate of drug-likeness (QED) is 0.725. The van der Waals surface area contributed by atoms with Gasteiger partial charge in [0.25, 0.3) is 0 Å². The molecule has 0 spiro atoms. The Bertz CT molecular complexity index is 710. The number of nitrogens with one attached hydrogen (secondary N) is 3. The van der Waals surface area contributed by atoms with Crippen LogP contribution >= 0.6 is 0 Å². The van der Waals surface area contributed by atoms with Crippen LogP contribution < -0.4 is 10.6 Å². The van der Waals surface area contributed by atoms with Gasteiger partial charge in [-0.3, -0.25) is 20.0 Å². The fraction of sp³-hybridized carbons (Fsp3) is 0.765. The van der Waals surface area contributed by atoms with Gasteiger partial charge >= 0.3 is 6.18 Å². The van der Waals surface area contributed by atoms with E-state index in [1.165, 1.54) is 19.3 Å². The SMILES string of the molecule is O=C(CC12CC3CC(CC(C3)C1)C2)NCC(=O)Nc1n[nH]c(C(F)(F)F)n1. The number of rotatable bonds is 5. The highest BCUT2D eigenvalue weighted by Gasteiger charge is 2.51. The van der Waals surface area contributed by atoms with Gasteiger partial charge in [0.2, 0.25) is 23.6 Å². The van der Waals surface area contributed by atoms with Crippen molar-refractivity contribution >= 4 is 17.8 Å². The van der Waals surface area contributed by atoms with Crippen LogP contribution in [0.2, 0.25) is 0 Å². The van der Waals surface area contributed by atoms with E-state index < -0.39 is 23.9 Å². The lowest BCUT2D eigenvalue weighted by atomic mass is 9.49. The Labute approximate surface area is 153 Å². The van der Waals surface area contributed by atoms with Crippen LogP contribution in [0.1, 0.15) is 50.8 Å². The van der Waals surface area contributed by atoms with Crippen molar-refractivity contribution < 1.29 is 22.8 Å². The third-order valence-electron chi connectivity index (χ3n) is 6.15. The van der Waals surface area contributed by atoms with Crippen molar-refractivity contribution in [3.63, 3.8) is 0 Å². The predicted molar refractivity (Wildman–Crippen MR) is 88.2 cm³/mol. The smallest absolute Gasteiger partial charge is 0.347 e. The highest BCUT2D eigenvalue weighted by Crippen LogP contribution is 2.61. The number of carbonyl (C=O) groups excluding carboxylic acids is 2. The van der Waals surface area contributed by atoms with Crippen molar-refractivity contribution in [1.82, 2.24) is 20.5 Å². The summed E-state index contributed by atoms with van der Waals surface area (Å²) in [5.41, 5.74) is 0.0701. The Morgan fingerprint density at radius 1 is 1.07 bits per heavy atom. The molecule has 1 aromatic heterocycles. The van der Waals surface area contributed by atoms with Crippen molar-refractivity contribution in [2.45, 2.75) is 51.1 Å². The minimum atomic E-state index is -4.66. The van der Waals surface area contributed by atoms with Crippen molar-refractivity contribution in [1.29, 1.82) is 0 Å². The average molecular weight is 385 g/mol. The van der Waals surface area contributed by atoms with E-state index in [1.54, 1.807) is 5.10 Å². The summed E-state index contributed by atoms with van der Waals surface area (Å²) in [5, 5.41) is 9.73. The minimum absolute atomic E-state index is 0.0701. The highest BCUT2D eigenvalue weighted by molar-refractivity contribution is 5.93. The van der Waals surface area contributed by atoms with E-state index in [-0.39, 0.29) is 17.9 Å². The molecule has 5 rings (SSSR count). The molecule has 4 aliphatic carbocycles. The maximum absolute atomic E-state index is 12.4. The zero-order valence-electron chi connectivity index (χ0n) is 14.7. The zero-order valence-corrected chi connectivity index (χ0v) is 14.7. The molecule has 0 aromatic carbocycles. The van der Waals surface area contributed by atoms with Crippen LogP contribution in [0.5, 0.6) is 0 Å². The molecule has 1 aromatic rings. The number of aromatic nitrogens is 3. The summed E-state index contributed by atoms with van der Waals surface area (Å²) >= 11 is 0. The first-order valence-corrected chi connectivity index (χ1v) is 9.27. The molecule has 27 heavy (non-hydrogen) atoms. The van der Waals surface area contributed by atoms with Gasteiger partial charge in [-0.05, 0) is 61.7 Å². The summed E-state index contributed by atoms with van der Waals surface area (Å²) in [6.45, 7) is -0.318. The van der Waals surface area contributed by atoms with Gasteiger partial charge in [-0.1, -0.05) is 0 Å². The third kappa shape index (κ3) is 3.93. The monoisotopic (exact) mass is 385 g/mol. The standard InChI is InChI=1S/C17H22F3N5O2/c18-17(19,20)14-23-15(25-24-14)22-13(27)8-21-12(26)7-16-4-9-1-10(5-16)3-11(2-9)6-16/h9-11H,1-8H2,(H,21,26)(H2,22,23,24,25,27). The molecule has 1 heterocycles. The molecule has 4 aliphatic rings. The van der Waals surface area contributed by atoms with Gasteiger partial charge in [0.05, 0.1) is 6.54 Å². The van der Waals surface area contributed by atoms with E-state index >= 15 is 0 Å². The van der Waals surface area contributed by atoms with Gasteiger partial charge < -0.3 is 5.32 Å². The lowest BCUT2D eigenvalue weighted by molar-refractivity contribution is -0.144. The first-order valence-electron chi connectivity index (χ1n) is 9.27. The molecule has 0 saturated heterocycles. The Kier molecular flexibility index (Phi) is 4.38. The summed E-state index contributed by atoms with van der Waals surface area (Å²) in [4.78, 5) is 27.3. The number of halogens is 3. The molecule has 4 bridgehead atoms. The topological polar surface area (TPSA) is 99.8 Å².